The Bertz CT molecular complexity index is 1260. The molecule has 3 aromatic rings. The van der Waals surface area contributed by atoms with Crippen LogP contribution in [-0.4, -0.2) is 46.1 Å². The van der Waals surface area contributed by atoms with Gasteiger partial charge in [-0.1, -0.05) is 26.3 Å². The molecular formula is C24H28FN9. The highest BCUT2D eigenvalue weighted by molar-refractivity contribution is 6.19. The molecule has 34 heavy (non-hydrogen) atoms. The Morgan fingerprint density at radius 2 is 2.06 bits per heavy atom. The number of pyridine rings is 1. The molecule has 0 aromatic carbocycles. The number of aromatic nitrogens is 6. The number of nitrogens with two attached hydrogens (primary N) is 1. The van der Waals surface area contributed by atoms with Gasteiger partial charge in [0.15, 0.2) is 17.5 Å². The molecule has 1 aliphatic heterocycles. The van der Waals surface area contributed by atoms with Crippen LogP contribution in [0.2, 0.25) is 0 Å². The summed E-state index contributed by atoms with van der Waals surface area (Å²) >= 11 is 0. The fourth-order valence-corrected chi connectivity index (χ4v) is 5.04. The average molecular weight is 462 g/mol. The van der Waals surface area contributed by atoms with Crippen molar-refractivity contribution in [2.75, 3.05) is 0 Å². The smallest absolute Gasteiger partial charge is 0.164 e. The minimum Gasteiger partial charge on any atom is -0.403 e. The highest BCUT2D eigenvalue weighted by Gasteiger charge is 2.41. The molecule has 2 aliphatic rings. The quantitative estimate of drug-likeness (QED) is 0.617. The van der Waals surface area contributed by atoms with Gasteiger partial charge in [-0.2, -0.15) is 0 Å². The molecule has 3 aromatic heterocycles. The molecule has 2 N–H and O–H groups in total. The third-order valence-electron chi connectivity index (χ3n) is 6.57. The van der Waals surface area contributed by atoms with Crippen LogP contribution in [0.3, 0.4) is 0 Å². The van der Waals surface area contributed by atoms with Crippen LogP contribution >= 0.6 is 0 Å². The molecule has 0 radical (unpaired) electrons. The number of fused-ring (bicyclic) bond motifs is 1. The molecule has 1 aliphatic carbocycles. The second-order valence-corrected chi connectivity index (χ2v) is 8.60. The number of imidazole rings is 1. The lowest BCUT2D eigenvalue weighted by molar-refractivity contribution is 0.218. The second-order valence-electron chi connectivity index (χ2n) is 8.60. The molecule has 0 bridgehead atoms. The molecule has 0 amide bonds. The fraction of sp³-hybridized carbons (Fsp3) is 0.375. The van der Waals surface area contributed by atoms with Gasteiger partial charge < -0.3 is 10.6 Å². The number of nitrogens with zero attached hydrogens (tertiary/aromatic N) is 8. The second kappa shape index (κ2) is 8.85. The maximum atomic E-state index is 13.4. The van der Waals surface area contributed by atoms with Crippen molar-refractivity contribution >= 4 is 17.4 Å². The van der Waals surface area contributed by atoms with Crippen LogP contribution in [0.15, 0.2) is 48.5 Å². The topological polar surface area (TPSA) is 103 Å². The predicted molar refractivity (Wildman–Crippen MR) is 129 cm³/mol. The zero-order chi connectivity index (χ0) is 23.8. The van der Waals surface area contributed by atoms with Gasteiger partial charge in [-0.15, -0.1) is 10.2 Å². The van der Waals surface area contributed by atoms with Gasteiger partial charge in [0.05, 0.1) is 12.2 Å². The van der Waals surface area contributed by atoms with E-state index in [2.05, 4.69) is 38.6 Å². The van der Waals surface area contributed by atoms with Crippen molar-refractivity contribution in [3.05, 3.63) is 61.0 Å². The van der Waals surface area contributed by atoms with Crippen LogP contribution in [0.1, 0.15) is 56.7 Å². The van der Waals surface area contributed by atoms with E-state index in [0.29, 0.717) is 23.4 Å². The van der Waals surface area contributed by atoms with Crippen molar-refractivity contribution < 1.29 is 4.39 Å². The van der Waals surface area contributed by atoms with Crippen molar-refractivity contribution in [2.24, 2.45) is 10.7 Å². The van der Waals surface area contributed by atoms with Crippen LogP contribution in [0.25, 0.3) is 23.0 Å². The van der Waals surface area contributed by atoms with E-state index in [9.17, 15) is 4.39 Å². The number of halogens is 1. The molecule has 0 unspecified atom stereocenters. The first-order valence-corrected chi connectivity index (χ1v) is 11.6. The zero-order valence-corrected chi connectivity index (χ0v) is 19.4. The van der Waals surface area contributed by atoms with Crippen LogP contribution in [0, 0.1) is 12.7 Å². The third-order valence-corrected chi connectivity index (χ3v) is 6.57. The summed E-state index contributed by atoms with van der Waals surface area (Å²) in [5.41, 5.74) is 7.44. The maximum absolute atomic E-state index is 13.4. The number of aliphatic imine (C=N–C) groups is 1. The highest BCUT2D eigenvalue weighted by Crippen LogP contribution is 2.39. The van der Waals surface area contributed by atoms with Gasteiger partial charge in [-0.3, -0.25) is 9.13 Å². The Morgan fingerprint density at radius 1 is 1.26 bits per heavy atom. The number of hydrogen-bond donors (Lipinski definition) is 1. The Hall–Kier alpha value is -3.82. The van der Waals surface area contributed by atoms with E-state index in [0.717, 1.165) is 42.4 Å². The van der Waals surface area contributed by atoms with Gasteiger partial charge in [-0.05, 0) is 38.3 Å². The fourth-order valence-electron chi connectivity index (χ4n) is 5.04. The number of rotatable bonds is 5. The van der Waals surface area contributed by atoms with Gasteiger partial charge in [0, 0.05) is 24.6 Å². The van der Waals surface area contributed by atoms with Crippen molar-refractivity contribution in [3.63, 3.8) is 0 Å². The monoisotopic (exact) mass is 461 g/mol. The molecule has 176 valence electrons. The summed E-state index contributed by atoms with van der Waals surface area (Å²) in [6.45, 7) is 8.31. The Labute approximate surface area is 197 Å². The van der Waals surface area contributed by atoms with Crippen LogP contribution < -0.4 is 5.73 Å². The lowest BCUT2D eigenvalue weighted by Crippen LogP contribution is -2.47. The summed E-state index contributed by atoms with van der Waals surface area (Å²) in [7, 11) is 0. The molecule has 4 heterocycles. The average Bonchev–Trinajstić information content (AvgIpc) is 3.60. The van der Waals surface area contributed by atoms with E-state index in [-0.39, 0.29) is 6.04 Å². The van der Waals surface area contributed by atoms with Crippen molar-refractivity contribution in [3.8, 4) is 11.5 Å². The van der Waals surface area contributed by atoms with Crippen molar-refractivity contribution in [2.45, 2.75) is 58.0 Å². The predicted octanol–water partition coefficient (Wildman–Crippen LogP) is 3.98. The lowest BCUT2D eigenvalue weighted by atomic mass is 10.0. The minimum atomic E-state index is -0.404. The van der Waals surface area contributed by atoms with Gasteiger partial charge in [0.2, 0.25) is 0 Å². The first kappa shape index (κ1) is 22.0. The highest BCUT2D eigenvalue weighted by atomic mass is 19.1. The molecule has 1 saturated carbocycles. The SMILES string of the molecule is C=C(/N=C1\C(=C/N)n2c(C)nnc2[C@@H](CC)N1C1CCCC1)n1ccnc1-c1ccc(F)cn1. The van der Waals surface area contributed by atoms with Crippen LogP contribution in [0.5, 0.6) is 0 Å². The lowest BCUT2D eigenvalue weighted by Gasteiger charge is -2.42. The van der Waals surface area contributed by atoms with E-state index < -0.39 is 5.82 Å². The Kier molecular flexibility index (Phi) is 5.72. The Morgan fingerprint density at radius 3 is 2.74 bits per heavy atom. The molecule has 0 saturated heterocycles. The number of hydrogen-bond acceptors (Lipinski definition) is 6. The van der Waals surface area contributed by atoms with E-state index >= 15 is 0 Å². The summed E-state index contributed by atoms with van der Waals surface area (Å²) in [6.07, 6.45) is 11.5. The zero-order valence-electron chi connectivity index (χ0n) is 19.4. The maximum Gasteiger partial charge on any atom is 0.164 e. The minimum absolute atomic E-state index is 0.0283. The molecule has 0 spiro atoms. The summed E-state index contributed by atoms with van der Waals surface area (Å²) in [6, 6.07) is 3.31. The number of amidine groups is 1. The summed E-state index contributed by atoms with van der Waals surface area (Å²) in [4.78, 5) is 16.0. The van der Waals surface area contributed by atoms with Crippen molar-refractivity contribution in [1.82, 2.24) is 34.2 Å². The summed E-state index contributed by atoms with van der Waals surface area (Å²) < 4.78 is 17.1. The third kappa shape index (κ3) is 3.59. The largest absolute Gasteiger partial charge is 0.403 e. The van der Waals surface area contributed by atoms with Crippen molar-refractivity contribution in [1.29, 1.82) is 0 Å². The summed E-state index contributed by atoms with van der Waals surface area (Å²) in [5, 5.41) is 8.83. The Balaban J connectivity index is 1.63. The number of aryl methyl sites for hydroxylation is 1. The first-order valence-electron chi connectivity index (χ1n) is 11.6. The van der Waals surface area contributed by atoms with Gasteiger partial charge in [0.25, 0.3) is 0 Å². The molecular weight excluding hydrogens is 433 g/mol. The molecule has 1 atom stereocenters. The molecule has 1 fully saturated rings. The van der Waals surface area contributed by atoms with Gasteiger partial charge in [0.1, 0.15) is 28.9 Å². The van der Waals surface area contributed by atoms with Gasteiger partial charge >= 0.3 is 0 Å². The molecule has 5 rings (SSSR count). The van der Waals surface area contributed by atoms with E-state index in [1.807, 2.05) is 11.5 Å². The first-order chi connectivity index (χ1) is 16.5. The van der Waals surface area contributed by atoms with Crippen LogP contribution in [-0.2, 0) is 0 Å². The van der Waals surface area contributed by atoms with Crippen LogP contribution in [0.4, 0.5) is 4.39 Å². The van der Waals surface area contributed by atoms with E-state index in [1.54, 1.807) is 29.2 Å². The van der Waals surface area contributed by atoms with E-state index in [1.165, 1.54) is 25.1 Å². The normalized spacial score (nSPS) is 20.9. The summed E-state index contributed by atoms with van der Waals surface area (Å²) in [5.74, 6) is 2.97. The molecule has 10 heteroatoms. The van der Waals surface area contributed by atoms with E-state index in [4.69, 9.17) is 10.7 Å². The standard InChI is InChI=1S/C24H28FN9/c1-4-20-24-31-30-16(3)33(24)21(13-26)23(34(20)18-7-5-6-8-18)29-15(2)32-12-11-27-22(32)19-10-9-17(25)14-28-19/h9-14,18,20H,2,4-8,26H2,1,3H3/b21-13+,29-23+/t20-/m1/s1. The van der Waals surface area contributed by atoms with Gasteiger partial charge in [-0.25, -0.2) is 19.4 Å². The molecule has 9 nitrogen and oxygen atoms in total.